The van der Waals surface area contributed by atoms with E-state index in [2.05, 4.69) is 32.5 Å². The third-order valence-corrected chi connectivity index (χ3v) is 3.44. The lowest BCUT2D eigenvalue weighted by atomic mass is 10.1. The van der Waals surface area contributed by atoms with Crippen molar-refractivity contribution in [1.82, 2.24) is 20.4 Å². The van der Waals surface area contributed by atoms with E-state index in [0.29, 0.717) is 0 Å². The van der Waals surface area contributed by atoms with Gasteiger partial charge in [-0.2, -0.15) is 10.2 Å². The van der Waals surface area contributed by atoms with Crippen molar-refractivity contribution in [2.45, 2.75) is 6.92 Å². The van der Waals surface area contributed by atoms with Crippen molar-refractivity contribution in [1.29, 1.82) is 0 Å². The highest BCUT2D eigenvalue weighted by atomic mass is 32.1. The van der Waals surface area contributed by atoms with Gasteiger partial charge in [0.25, 0.3) is 0 Å². The van der Waals surface area contributed by atoms with E-state index in [1.165, 1.54) is 0 Å². The van der Waals surface area contributed by atoms with Crippen LogP contribution in [0.3, 0.4) is 0 Å². The molecule has 88 valence electrons. The highest BCUT2D eigenvalue weighted by Gasteiger charge is 2.05. The summed E-state index contributed by atoms with van der Waals surface area (Å²) in [6.07, 6.45) is 3.45. The second-order valence-electron chi connectivity index (χ2n) is 3.84. The predicted molar refractivity (Wildman–Crippen MR) is 71.1 cm³/mol. The van der Waals surface area contributed by atoms with Gasteiger partial charge >= 0.3 is 0 Å². The standard InChI is InChI=1S/C13H10N4S/c1-9-16-17-13(18-9)11-4-2-3-10(7-11)12-5-6-14-15-8-12/h2-8H,1H3. The van der Waals surface area contributed by atoms with Crippen LogP contribution in [0.1, 0.15) is 5.01 Å². The summed E-state index contributed by atoms with van der Waals surface area (Å²) < 4.78 is 0. The third kappa shape index (κ3) is 2.12. The average molecular weight is 254 g/mol. The fourth-order valence-electron chi connectivity index (χ4n) is 1.71. The van der Waals surface area contributed by atoms with Gasteiger partial charge < -0.3 is 0 Å². The molecule has 2 aromatic heterocycles. The summed E-state index contributed by atoms with van der Waals surface area (Å²) in [7, 11) is 0. The van der Waals surface area contributed by atoms with Crippen LogP contribution in [0.25, 0.3) is 21.7 Å². The summed E-state index contributed by atoms with van der Waals surface area (Å²) in [6, 6.07) is 10.1. The molecule has 0 radical (unpaired) electrons. The molecule has 0 amide bonds. The predicted octanol–water partition coefficient (Wildman–Crippen LogP) is 2.97. The van der Waals surface area contributed by atoms with Crippen molar-refractivity contribution >= 4 is 11.3 Å². The van der Waals surface area contributed by atoms with E-state index in [-0.39, 0.29) is 0 Å². The maximum Gasteiger partial charge on any atom is 0.147 e. The number of aryl methyl sites for hydroxylation is 1. The minimum Gasteiger partial charge on any atom is -0.159 e. The van der Waals surface area contributed by atoms with Gasteiger partial charge in [0.15, 0.2) is 0 Å². The second kappa shape index (κ2) is 4.62. The Bertz CT molecular complexity index is 664. The van der Waals surface area contributed by atoms with Crippen molar-refractivity contribution in [3.05, 3.63) is 47.7 Å². The molecule has 5 heteroatoms. The smallest absolute Gasteiger partial charge is 0.147 e. The Morgan fingerprint density at radius 2 is 1.83 bits per heavy atom. The van der Waals surface area contributed by atoms with Gasteiger partial charge in [0.05, 0.1) is 12.4 Å². The summed E-state index contributed by atoms with van der Waals surface area (Å²) in [4.78, 5) is 0. The van der Waals surface area contributed by atoms with Crippen LogP contribution in [0.15, 0.2) is 42.7 Å². The molecule has 0 saturated heterocycles. The lowest BCUT2D eigenvalue weighted by molar-refractivity contribution is 1.03. The minimum atomic E-state index is 0.941. The van der Waals surface area contributed by atoms with Crippen molar-refractivity contribution in [3.8, 4) is 21.7 Å². The number of benzene rings is 1. The summed E-state index contributed by atoms with van der Waals surface area (Å²) in [5.74, 6) is 0. The van der Waals surface area contributed by atoms with Crippen molar-refractivity contribution in [2.24, 2.45) is 0 Å². The highest BCUT2D eigenvalue weighted by molar-refractivity contribution is 7.14. The maximum atomic E-state index is 4.16. The van der Waals surface area contributed by atoms with Crippen LogP contribution in [-0.2, 0) is 0 Å². The van der Waals surface area contributed by atoms with Gasteiger partial charge in [-0.15, -0.1) is 10.2 Å². The van der Waals surface area contributed by atoms with Crippen LogP contribution >= 0.6 is 11.3 Å². The summed E-state index contributed by atoms with van der Waals surface area (Å²) >= 11 is 1.59. The van der Waals surface area contributed by atoms with Gasteiger partial charge in [-0.25, -0.2) is 0 Å². The number of nitrogens with zero attached hydrogens (tertiary/aromatic N) is 4. The van der Waals surface area contributed by atoms with Crippen molar-refractivity contribution in [2.75, 3.05) is 0 Å². The molecule has 18 heavy (non-hydrogen) atoms. The molecule has 3 rings (SSSR count). The van der Waals surface area contributed by atoms with Gasteiger partial charge in [-0.1, -0.05) is 29.5 Å². The summed E-state index contributed by atoms with van der Waals surface area (Å²) in [5, 5.41) is 17.8. The molecule has 0 aliphatic rings. The zero-order valence-electron chi connectivity index (χ0n) is 9.74. The van der Waals surface area contributed by atoms with Crippen molar-refractivity contribution in [3.63, 3.8) is 0 Å². The zero-order valence-corrected chi connectivity index (χ0v) is 10.6. The molecule has 0 saturated carbocycles. The quantitative estimate of drug-likeness (QED) is 0.705. The minimum absolute atomic E-state index is 0.941. The molecule has 0 bridgehead atoms. The van der Waals surface area contributed by atoms with Gasteiger partial charge in [-0.05, 0) is 24.6 Å². The summed E-state index contributed by atoms with van der Waals surface area (Å²) in [5.41, 5.74) is 3.23. The first kappa shape index (κ1) is 11.0. The van der Waals surface area contributed by atoms with Crippen LogP contribution in [0.5, 0.6) is 0 Å². The Kier molecular flexibility index (Phi) is 2.82. The fourth-order valence-corrected chi connectivity index (χ4v) is 2.39. The monoisotopic (exact) mass is 254 g/mol. The lowest BCUT2D eigenvalue weighted by Crippen LogP contribution is -1.83. The van der Waals surface area contributed by atoms with Crippen LogP contribution in [0.4, 0.5) is 0 Å². The van der Waals surface area contributed by atoms with Crippen LogP contribution in [0.2, 0.25) is 0 Å². The lowest BCUT2D eigenvalue weighted by Gasteiger charge is -2.02. The van der Waals surface area contributed by atoms with Crippen LogP contribution < -0.4 is 0 Å². The normalized spacial score (nSPS) is 10.5. The van der Waals surface area contributed by atoms with Gasteiger partial charge in [0.1, 0.15) is 10.0 Å². The first-order valence-electron chi connectivity index (χ1n) is 5.50. The Morgan fingerprint density at radius 3 is 2.56 bits per heavy atom. The van der Waals surface area contributed by atoms with E-state index < -0.39 is 0 Å². The van der Waals surface area contributed by atoms with E-state index in [1.807, 2.05) is 25.1 Å². The molecule has 2 heterocycles. The molecule has 0 aliphatic carbocycles. The molecule has 0 fully saturated rings. The topological polar surface area (TPSA) is 51.6 Å². The molecule has 3 aromatic rings. The molecule has 0 N–H and O–H groups in total. The molecule has 0 unspecified atom stereocenters. The zero-order chi connectivity index (χ0) is 12.4. The average Bonchev–Trinajstić information content (AvgIpc) is 2.87. The molecule has 4 nitrogen and oxygen atoms in total. The third-order valence-electron chi connectivity index (χ3n) is 2.55. The number of aromatic nitrogens is 4. The number of hydrogen-bond acceptors (Lipinski definition) is 5. The van der Waals surface area contributed by atoms with Crippen LogP contribution in [-0.4, -0.2) is 20.4 Å². The van der Waals surface area contributed by atoms with Gasteiger partial charge in [0.2, 0.25) is 0 Å². The Morgan fingerprint density at radius 1 is 0.944 bits per heavy atom. The van der Waals surface area contributed by atoms with E-state index in [0.717, 1.165) is 26.7 Å². The SMILES string of the molecule is Cc1nnc(-c2cccc(-c3ccnnc3)c2)s1. The first-order valence-corrected chi connectivity index (χ1v) is 6.32. The van der Waals surface area contributed by atoms with E-state index in [1.54, 1.807) is 23.7 Å². The Balaban J connectivity index is 2.05. The van der Waals surface area contributed by atoms with Gasteiger partial charge in [0, 0.05) is 11.1 Å². The molecule has 0 atom stereocenters. The Labute approximate surface area is 108 Å². The van der Waals surface area contributed by atoms with E-state index in [4.69, 9.17) is 0 Å². The van der Waals surface area contributed by atoms with Crippen molar-refractivity contribution < 1.29 is 0 Å². The fraction of sp³-hybridized carbons (Fsp3) is 0.0769. The highest BCUT2D eigenvalue weighted by Crippen LogP contribution is 2.27. The van der Waals surface area contributed by atoms with Crippen LogP contribution in [0, 0.1) is 6.92 Å². The summed E-state index contributed by atoms with van der Waals surface area (Å²) in [6.45, 7) is 1.96. The first-order chi connectivity index (χ1) is 8.83. The maximum absolute atomic E-state index is 4.16. The van der Waals surface area contributed by atoms with E-state index >= 15 is 0 Å². The molecule has 0 aliphatic heterocycles. The molecular weight excluding hydrogens is 244 g/mol. The molecule has 1 aromatic carbocycles. The molecule has 0 spiro atoms. The number of hydrogen-bond donors (Lipinski definition) is 0. The van der Waals surface area contributed by atoms with Gasteiger partial charge in [-0.3, -0.25) is 0 Å². The second-order valence-corrected chi connectivity index (χ2v) is 5.02. The molecular formula is C13H10N4S. The van der Waals surface area contributed by atoms with E-state index in [9.17, 15) is 0 Å². The largest absolute Gasteiger partial charge is 0.159 e. The Hall–Kier alpha value is -2.14. The number of rotatable bonds is 2.